The lowest BCUT2D eigenvalue weighted by atomic mass is 10.5. The van der Waals surface area contributed by atoms with E-state index < -0.39 is 11.3 Å². The van der Waals surface area contributed by atoms with Crippen molar-refractivity contribution in [1.82, 2.24) is 0 Å². The van der Waals surface area contributed by atoms with Crippen LogP contribution in [0.25, 0.3) is 0 Å². The summed E-state index contributed by atoms with van der Waals surface area (Å²) < 4.78 is 22.6. The molecular weight excluding hydrogens is 154 g/mol. The van der Waals surface area contributed by atoms with E-state index in [0.717, 1.165) is 0 Å². The smallest absolute Gasteiger partial charge is 0.194 e. The zero-order valence-electron chi connectivity index (χ0n) is 3.05. The molecule has 0 N–H and O–H groups in total. The highest BCUT2D eigenvalue weighted by molar-refractivity contribution is 9.09. The number of hydrogen-bond donors (Lipinski definition) is 0. The lowest BCUT2D eigenvalue weighted by Crippen LogP contribution is -1.99. The van der Waals surface area contributed by atoms with E-state index in [1.54, 1.807) is 0 Å². The van der Waals surface area contributed by atoms with E-state index in [0.29, 0.717) is 0 Å². The lowest BCUT2D eigenvalue weighted by molar-refractivity contribution is 0.118. The van der Waals surface area contributed by atoms with Crippen molar-refractivity contribution in [2.24, 2.45) is 0 Å². The van der Waals surface area contributed by atoms with Crippen molar-refractivity contribution in [1.29, 1.82) is 0 Å². The minimum absolute atomic E-state index is 0.396. The van der Waals surface area contributed by atoms with Gasteiger partial charge in [-0.1, -0.05) is 0 Å². The predicted molar refractivity (Wildman–Crippen MR) is 23.8 cm³/mol. The molecule has 0 atom stereocenters. The number of rotatable bonds is 1. The number of halogens is 3. The van der Waals surface area contributed by atoms with Crippen molar-refractivity contribution >= 4 is 15.9 Å². The van der Waals surface area contributed by atoms with Gasteiger partial charge in [0.2, 0.25) is 0 Å². The van der Waals surface area contributed by atoms with E-state index in [1.807, 2.05) is 0 Å². The molecule has 0 aliphatic rings. The van der Waals surface area contributed by atoms with E-state index in [4.69, 9.17) is 0 Å². The molecule has 0 saturated carbocycles. The third-order valence-electron chi connectivity index (χ3n) is 0.283. The first kappa shape index (κ1) is 6.34. The highest BCUT2D eigenvalue weighted by Crippen LogP contribution is 2.24. The molecule has 0 nitrogen and oxygen atoms in total. The Hall–Kier alpha value is 0.340. The van der Waals surface area contributed by atoms with E-state index in [1.165, 1.54) is 0 Å². The maximum Gasteiger partial charge on any atom is 0.301 e. The number of alkyl halides is 3. The van der Waals surface area contributed by atoms with Gasteiger partial charge in [0, 0.05) is 6.42 Å². The summed E-state index contributed by atoms with van der Waals surface area (Å²) in [5, 5.41) is 0. The molecule has 0 aromatic carbocycles. The van der Waals surface area contributed by atoms with E-state index in [9.17, 15) is 8.78 Å². The highest BCUT2D eigenvalue weighted by atomic mass is 79.9. The van der Waals surface area contributed by atoms with Crippen LogP contribution in [-0.4, -0.2) is 4.83 Å². The summed E-state index contributed by atoms with van der Waals surface area (Å²) in [6.45, 7) is 2.96. The second-order valence-electron chi connectivity index (χ2n) is 0.865. The van der Waals surface area contributed by atoms with Crippen molar-refractivity contribution in [3.8, 4) is 0 Å². The van der Waals surface area contributed by atoms with Gasteiger partial charge in [0.05, 0.1) is 0 Å². The third-order valence-corrected chi connectivity index (χ3v) is 0.680. The Balaban J connectivity index is 3.17. The second-order valence-corrected chi connectivity index (χ2v) is 2.03. The zero-order chi connectivity index (χ0) is 5.21. The average Bonchev–Trinajstić information content (AvgIpc) is 1.35. The largest absolute Gasteiger partial charge is 0.301 e. The Morgan fingerprint density at radius 3 is 1.83 bits per heavy atom. The van der Waals surface area contributed by atoms with Crippen LogP contribution in [0.2, 0.25) is 0 Å². The van der Waals surface area contributed by atoms with Crippen molar-refractivity contribution in [3.63, 3.8) is 0 Å². The van der Waals surface area contributed by atoms with Crippen LogP contribution in [0.3, 0.4) is 0 Å². The molecule has 0 unspecified atom stereocenters. The Labute approximate surface area is 43.7 Å². The summed E-state index contributed by atoms with van der Waals surface area (Å²) in [6.07, 6.45) is -0.396. The molecule has 0 aliphatic carbocycles. The molecule has 0 spiro atoms. The van der Waals surface area contributed by atoms with Gasteiger partial charge in [0.1, 0.15) is 0 Å². The molecule has 0 heterocycles. The van der Waals surface area contributed by atoms with Crippen LogP contribution >= 0.6 is 15.9 Å². The van der Waals surface area contributed by atoms with Gasteiger partial charge in [-0.25, -0.2) is 0 Å². The molecule has 37 valence electrons. The molecular formula is C3H4BrF2. The molecule has 0 bridgehead atoms. The van der Waals surface area contributed by atoms with Gasteiger partial charge in [-0.15, -0.1) is 0 Å². The molecule has 1 radical (unpaired) electrons. The highest BCUT2D eigenvalue weighted by Gasteiger charge is 2.18. The van der Waals surface area contributed by atoms with Crippen molar-refractivity contribution in [2.45, 2.75) is 11.3 Å². The van der Waals surface area contributed by atoms with Crippen LogP contribution in [0.1, 0.15) is 6.42 Å². The Morgan fingerprint density at radius 1 is 1.67 bits per heavy atom. The van der Waals surface area contributed by atoms with E-state index in [-0.39, 0.29) is 0 Å². The molecule has 0 aromatic rings. The summed E-state index contributed by atoms with van der Waals surface area (Å²) in [5.41, 5.74) is 0. The topological polar surface area (TPSA) is 0 Å². The minimum Gasteiger partial charge on any atom is -0.194 e. The van der Waals surface area contributed by atoms with Crippen LogP contribution in [-0.2, 0) is 0 Å². The second kappa shape index (κ2) is 1.87. The van der Waals surface area contributed by atoms with Crippen LogP contribution < -0.4 is 0 Å². The van der Waals surface area contributed by atoms with Gasteiger partial charge < -0.3 is 0 Å². The zero-order valence-corrected chi connectivity index (χ0v) is 4.63. The monoisotopic (exact) mass is 157 g/mol. The molecule has 0 saturated heterocycles. The number of hydrogen-bond acceptors (Lipinski definition) is 0. The quantitative estimate of drug-likeness (QED) is 0.513. The van der Waals surface area contributed by atoms with Crippen LogP contribution in [0.4, 0.5) is 8.78 Å². The van der Waals surface area contributed by atoms with Crippen molar-refractivity contribution in [2.75, 3.05) is 0 Å². The Morgan fingerprint density at radius 2 is 1.83 bits per heavy atom. The van der Waals surface area contributed by atoms with Gasteiger partial charge in [0.25, 0.3) is 0 Å². The lowest BCUT2D eigenvalue weighted by Gasteiger charge is -1.99. The van der Waals surface area contributed by atoms with Crippen molar-refractivity contribution in [3.05, 3.63) is 6.92 Å². The van der Waals surface area contributed by atoms with Gasteiger partial charge in [0.15, 0.2) is 0 Å². The van der Waals surface area contributed by atoms with Crippen molar-refractivity contribution < 1.29 is 8.78 Å². The fraction of sp³-hybridized carbons (Fsp3) is 0.667. The third kappa shape index (κ3) is 4.34. The Bertz CT molecular complexity index is 38.5. The first-order valence-electron chi connectivity index (χ1n) is 1.42. The average molecular weight is 158 g/mol. The minimum atomic E-state index is -2.76. The van der Waals surface area contributed by atoms with Gasteiger partial charge in [-0.2, -0.15) is 8.78 Å². The molecule has 0 amide bonds. The van der Waals surface area contributed by atoms with Crippen LogP contribution in [0, 0.1) is 6.92 Å². The van der Waals surface area contributed by atoms with E-state index in [2.05, 4.69) is 22.9 Å². The van der Waals surface area contributed by atoms with Gasteiger partial charge in [-0.3, -0.25) is 0 Å². The summed E-state index contributed by atoms with van der Waals surface area (Å²) >= 11 is 2.08. The van der Waals surface area contributed by atoms with Gasteiger partial charge in [-0.05, 0) is 22.9 Å². The predicted octanol–water partition coefficient (Wildman–Crippen LogP) is 2.20. The molecule has 6 heavy (non-hydrogen) atoms. The van der Waals surface area contributed by atoms with Crippen LogP contribution in [0.5, 0.6) is 0 Å². The molecule has 0 fully saturated rings. The maximum absolute atomic E-state index is 11.3. The first-order valence-corrected chi connectivity index (χ1v) is 2.21. The summed E-state index contributed by atoms with van der Waals surface area (Å²) in [4.78, 5) is -2.76. The summed E-state index contributed by atoms with van der Waals surface area (Å²) in [7, 11) is 0. The molecule has 0 aliphatic heterocycles. The summed E-state index contributed by atoms with van der Waals surface area (Å²) in [6, 6.07) is 0. The fourth-order valence-electron chi connectivity index (χ4n) is 0. The standard InChI is InChI=1S/C3H4BrF2/c1-2-3(4,5)6/h1-2H2. The molecule has 0 rings (SSSR count). The van der Waals surface area contributed by atoms with E-state index >= 15 is 0 Å². The summed E-state index contributed by atoms with van der Waals surface area (Å²) in [5.74, 6) is 0. The SMILES string of the molecule is [CH2]CC(F)(F)Br. The van der Waals surface area contributed by atoms with Crippen LogP contribution in [0.15, 0.2) is 0 Å². The fourth-order valence-corrected chi connectivity index (χ4v) is 0. The van der Waals surface area contributed by atoms with Gasteiger partial charge >= 0.3 is 4.83 Å². The first-order chi connectivity index (χ1) is 2.56. The maximum atomic E-state index is 11.3. The Kier molecular flexibility index (Phi) is 1.97. The normalized spacial score (nSPS) is 12.0. The molecule has 3 heteroatoms. The molecule has 0 aromatic heterocycles.